The van der Waals surface area contributed by atoms with E-state index in [4.69, 9.17) is 5.26 Å². The molecule has 0 unspecified atom stereocenters. The van der Waals surface area contributed by atoms with Crippen LogP contribution in [0.2, 0.25) is 0 Å². The van der Waals surface area contributed by atoms with E-state index in [1.807, 2.05) is 76.6 Å². The highest BCUT2D eigenvalue weighted by atomic mass is 16.5. The molecule has 1 aliphatic heterocycles. The van der Waals surface area contributed by atoms with Crippen LogP contribution in [0.1, 0.15) is 37.8 Å². The Kier molecular flexibility index (Phi) is 12.6. The molecule has 0 bridgehead atoms. The summed E-state index contributed by atoms with van der Waals surface area (Å²) in [5.74, 6) is 1.84. The molecule has 0 saturated heterocycles. The average molecular weight is 501 g/mol. The van der Waals surface area contributed by atoms with Crippen LogP contribution in [-0.2, 0) is 16.1 Å². The predicted molar refractivity (Wildman–Crippen MR) is 150 cm³/mol. The number of pyridine rings is 1. The average Bonchev–Trinajstić information content (AvgIpc) is 3.24. The van der Waals surface area contributed by atoms with Crippen LogP contribution in [0, 0.1) is 11.3 Å². The second-order valence-corrected chi connectivity index (χ2v) is 7.96. The van der Waals surface area contributed by atoms with Crippen molar-refractivity contribution in [1.29, 1.82) is 5.26 Å². The molecule has 4 rings (SSSR count). The highest BCUT2D eigenvalue weighted by Crippen LogP contribution is 2.35. The minimum atomic E-state index is -0.0880. The highest BCUT2D eigenvalue weighted by molar-refractivity contribution is 5.81. The summed E-state index contributed by atoms with van der Waals surface area (Å²) in [6.45, 7) is 5.02. The molecule has 1 aromatic heterocycles. The van der Waals surface area contributed by atoms with Gasteiger partial charge < -0.3 is 25.6 Å². The van der Waals surface area contributed by atoms with Gasteiger partial charge in [-0.1, -0.05) is 37.3 Å². The third kappa shape index (κ3) is 9.94. The number of ether oxygens (including phenoxy) is 1. The number of carbonyl (C=O) groups excluding carboxylic acids is 1. The lowest BCUT2D eigenvalue weighted by Gasteiger charge is -2.13. The number of hydrogen-bond donors (Lipinski definition) is 3. The van der Waals surface area contributed by atoms with E-state index < -0.39 is 0 Å². The van der Waals surface area contributed by atoms with Gasteiger partial charge in [-0.15, -0.1) is 0 Å². The molecule has 0 saturated carbocycles. The molecule has 0 aliphatic carbocycles. The van der Waals surface area contributed by atoms with E-state index in [0.29, 0.717) is 18.6 Å². The van der Waals surface area contributed by atoms with Crippen molar-refractivity contribution in [3.63, 3.8) is 0 Å². The second kappa shape index (κ2) is 16.2. The standard InChI is InChI=1S/C16H19N5.C7H5N.C6H12O2/c1-17-11-16-20-13-9-12(6-7-14(13)21(16)2)10-19-15-5-3-4-8-18-15;8-6-7-4-2-1-3-5-7;1-3-5-6(7)8-4-2/h3-9,11,17,20H,10H2,1-2H3,(H,18,19);1-5H;3-5H2,1-2H3/b16-11+;;. The second-order valence-electron chi connectivity index (χ2n) is 7.96. The maximum atomic E-state index is 10.4. The maximum absolute atomic E-state index is 10.4. The first-order chi connectivity index (χ1) is 18.0. The Morgan fingerprint density at radius 3 is 2.49 bits per heavy atom. The van der Waals surface area contributed by atoms with Gasteiger partial charge in [-0.25, -0.2) is 4.98 Å². The fourth-order valence-corrected chi connectivity index (χ4v) is 3.32. The van der Waals surface area contributed by atoms with Crippen LogP contribution < -0.4 is 20.9 Å². The van der Waals surface area contributed by atoms with Crippen molar-refractivity contribution in [3.8, 4) is 6.07 Å². The van der Waals surface area contributed by atoms with Crippen LogP contribution in [0.25, 0.3) is 0 Å². The Balaban J connectivity index is 0.000000248. The lowest BCUT2D eigenvalue weighted by atomic mass is 10.1. The maximum Gasteiger partial charge on any atom is 0.305 e. The Morgan fingerprint density at radius 1 is 1.14 bits per heavy atom. The summed E-state index contributed by atoms with van der Waals surface area (Å²) < 4.78 is 4.64. The van der Waals surface area contributed by atoms with Gasteiger partial charge in [0.2, 0.25) is 0 Å². The molecule has 2 aromatic carbocycles. The normalized spacial score (nSPS) is 12.0. The van der Waals surface area contributed by atoms with E-state index >= 15 is 0 Å². The van der Waals surface area contributed by atoms with Crippen molar-refractivity contribution in [2.45, 2.75) is 33.2 Å². The molecule has 3 N–H and O–H groups in total. The van der Waals surface area contributed by atoms with Crippen LogP contribution in [0.4, 0.5) is 17.2 Å². The molecular formula is C29H36N6O2. The molecule has 1 aliphatic rings. The summed E-state index contributed by atoms with van der Waals surface area (Å²) in [5, 5.41) is 18.1. The Hall–Kier alpha value is -4.51. The highest BCUT2D eigenvalue weighted by Gasteiger charge is 2.20. The largest absolute Gasteiger partial charge is 0.466 e. The molecule has 194 valence electrons. The number of esters is 1. The lowest BCUT2D eigenvalue weighted by Crippen LogP contribution is -2.16. The van der Waals surface area contributed by atoms with E-state index in [-0.39, 0.29) is 5.97 Å². The lowest BCUT2D eigenvalue weighted by molar-refractivity contribution is -0.143. The third-order valence-electron chi connectivity index (χ3n) is 5.13. The smallest absolute Gasteiger partial charge is 0.305 e. The summed E-state index contributed by atoms with van der Waals surface area (Å²) >= 11 is 0. The molecule has 2 heterocycles. The van der Waals surface area contributed by atoms with E-state index in [9.17, 15) is 4.79 Å². The zero-order valence-corrected chi connectivity index (χ0v) is 22.0. The topological polar surface area (TPSA) is 102 Å². The van der Waals surface area contributed by atoms with Gasteiger partial charge >= 0.3 is 5.97 Å². The summed E-state index contributed by atoms with van der Waals surface area (Å²) in [6.07, 6.45) is 5.16. The molecule has 0 radical (unpaired) electrons. The van der Waals surface area contributed by atoms with Gasteiger partial charge in [0, 0.05) is 39.5 Å². The van der Waals surface area contributed by atoms with Crippen molar-refractivity contribution in [2.24, 2.45) is 0 Å². The van der Waals surface area contributed by atoms with Gasteiger partial charge in [0.25, 0.3) is 0 Å². The van der Waals surface area contributed by atoms with Gasteiger partial charge in [0.1, 0.15) is 11.6 Å². The van der Waals surface area contributed by atoms with Gasteiger partial charge in [-0.3, -0.25) is 4.79 Å². The first-order valence-corrected chi connectivity index (χ1v) is 12.3. The zero-order valence-electron chi connectivity index (χ0n) is 22.0. The van der Waals surface area contributed by atoms with Crippen molar-refractivity contribution in [3.05, 3.63) is 96.1 Å². The van der Waals surface area contributed by atoms with Crippen molar-refractivity contribution in [2.75, 3.05) is 36.2 Å². The Labute approximate surface area is 220 Å². The van der Waals surface area contributed by atoms with Crippen LogP contribution in [0.3, 0.4) is 0 Å². The number of aromatic nitrogens is 1. The number of fused-ring (bicyclic) bond motifs is 1. The van der Waals surface area contributed by atoms with E-state index in [1.165, 1.54) is 11.3 Å². The van der Waals surface area contributed by atoms with Crippen LogP contribution >= 0.6 is 0 Å². The monoisotopic (exact) mass is 500 g/mol. The summed E-state index contributed by atoms with van der Waals surface area (Å²) in [4.78, 5) is 16.8. The summed E-state index contributed by atoms with van der Waals surface area (Å²) in [6, 6.07) is 23.4. The Morgan fingerprint density at radius 2 is 1.89 bits per heavy atom. The van der Waals surface area contributed by atoms with Crippen molar-refractivity contribution >= 4 is 23.2 Å². The summed E-state index contributed by atoms with van der Waals surface area (Å²) in [5.41, 5.74) is 4.23. The van der Waals surface area contributed by atoms with E-state index in [2.05, 4.69) is 48.8 Å². The minimum Gasteiger partial charge on any atom is -0.466 e. The molecule has 8 nitrogen and oxygen atoms in total. The SMILES string of the molecule is CCCC(=O)OCC.CN/C=C1\Nc2cc(CNc3ccccn3)ccc2N1C.N#Cc1ccccc1. The molecule has 0 amide bonds. The molecular weight excluding hydrogens is 464 g/mol. The number of nitrogens with one attached hydrogen (secondary N) is 3. The molecule has 0 atom stereocenters. The number of nitriles is 1. The summed E-state index contributed by atoms with van der Waals surface area (Å²) in [7, 11) is 3.95. The number of anilines is 3. The first-order valence-electron chi connectivity index (χ1n) is 12.3. The zero-order chi connectivity index (χ0) is 26.9. The van der Waals surface area contributed by atoms with Gasteiger partial charge in [0.05, 0.1) is 29.6 Å². The molecule has 37 heavy (non-hydrogen) atoms. The Bertz CT molecular complexity index is 1150. The quantitative estimate of drug-likeness (QED) is 0.367. The van der Waals surface area contributed by atoms with Crippen LogP contribution in [0.5, 0.6) is 0 Å². The minimum absolute atomic E-state index is 0.0880. The number of nitrogens with zero attached hydrogens (tertiary/aromatic N) is 3. The fraction of sp³-hybridized carbons (Fsp3) is 0.276. The van der Waals surface area contributed by atoms with Crippen molar-refractivity contribution in [1.82, 2.24) is 10.3 Å². The van der Waals surface area contributed by atoms with Gasteiger partial charge in [-0.2, -0.15) is 5.26 Å². The van der Waals surface area contributed by atoms with Crippen molar-refractivity contribution < 1.29 is 9.53 Å². The van der Waals surface area contributed by atoms with Crippen LogP contribution in [-0.4, -0.2) is 31.7 Å². The number of hydrogen-bond acceptors (Lipinski definition) is 8. The predicted octanol–water partition coefficient (Wildman–Crippen LogP) is 5.48. The van der Waals surface area contributed by atoms with Gasteiger partial charge in [0.15, 0.2) is 0 Å². The fourth-order valence-electron chi connectivity index (χ4n) is 3.32. The third-order valence-corrected chi connectivity index (χ3v) is 5.13. The number of rotatable bonds is 7. The molecule has 0 fully saturated rings. The number of benzene rings is 2. The number of carbonyl (C=O) groups is 1. The van der Waals surface area contributed by atoms with E-state index in [1.54, 1.807) is 18.3 Å². The van der Waals surface area contributed by atoms with Gasteiger partial charge in [-0.05, 0) is 55.3 Å². The van der Waals surface area contributed by atoms with Crippen LogP contribution in [0.15, 0.2) is 84.9 Å². The first kappa shape index (κ1) is 28.7. The van der Waals surface area contributed by atoms with E-state index in [0.717, 1.165) is 30.3 Å². The molecule has 8 heteroatoms. The molecule has 0 spiro atoms. The molecule has 3 aromatic rings.